The Hall–Kier alpha value is 2.80. The molecule has 0 aromatic heterocycles. The van der Waals surface area contributed by atoms with Crippen LogP contribution >= 0.6 is 25.9 Å². The van der Waals surface area contributed by atoms with Crippen LogP contribution in [0.4, 0.5) is 0 Å². The summed E-state index contributed by atoms with van der Waals surface area (Å²) in [6, 6.07) is 0. The molecular weight excluding hydrogens is 162 g/mol. The van der Waals surface area contributed by atoms with Gasteiger partial charge in [0.1, 0.15) is 0 Å². The first-order valence-electron chi connectivity index (χ1n) is 0. The maximum atomic E-state index is 0. The Morgan fingerprint density at radius 1 is 1.00 bits per heavy atom. The Balaban J connectivity index is 0. The number of hydrogen-bond acceptors (Lipinski definition) is 0. The molecule has 0 aliphatic heterocycles. The molecule has 0 unspecified atom stereocenters. The van der Waals surface area contributed by atoms with Crippen molar-refractivity contribution >= 4 is 77.3 Å². The van der Waals surface area contributed by atoms with Gasteiger partial charge in [-0.1, -0.05) is 0 Å². The SMILES string of the molecule is Cl.S.[Fe].[KH]. The summed E-state index contributed by atoms with van der Waals surface area (Å²) < 4.78 is 0. The van der Waals surface area contributed by atoms with Crippen LogP contribution in [0, 0.1) is 0 Å². The van der Waals surface area contributed by atoms with Crippen molar-refractivity contribution in [3.63, 3.8) is 0 Å². The molecule has 4 heteroatoms. The van der Waals surface area contributed by atoms with E-state index in [9.17, 15) is 0 Å². The van der Waals surface area contributed by atoms with Crippen LogP contribution in [-0.4, -0.2) is 51.4 Å². The monoisotopic (exact) mass is 166 g/mol. The first-order chi connectivity index (χ1) is 0. The summed E-state index contributed by atoms with van der Waals surface area (Å²) in [6.07, 6.45) is 0. The van der Waals surface area contributed by atoms with E-state index >= 15 is 0 Å². The van der Waals surface area contributed by atoms with E-state index in [4.69, 9.17) is 0 Å². The van der Waals surface area contributed by atoms with Crippen LogP contribution in [0.1, 0.15) is 0 Å². The molecule has 0 aromatic carbocycles. The van der Waals surface area contributed by atoms with Gasteiger partial charge in [0.2, 0.25) is 0 Å². The fraction of sp³-hybridized carbons (Fsp3) is 0. The van der Waals surface area contributed by atoms with Gasteiger partial charge >= 0.3 is 51.4 Å². The van der Waals surface area contributed by atoms with Gasteiger partial charge in [-0.2, -0.15) is 13.5 Å². The molecule has 4 heavy (non-hydrogen) atoms. The van der Waals surface area contributed by atoms with Crippen molar-refractivity contribution in [3.8, 4) is 0 Å². The molecule has 0 saturated heterocycles. The van der Waals surface area contributed by atoms with Crippen molar-refractivity contribution in [3.05, 3.63) is 0 Å². The topological polar surface area (TPSA) is 0 Å². The minimum atomic E-state index is 0. The van der Waals surface area contributed by atoms with Crippen LogP contribution in [0.2, 0.25) is 0 Å². The van der Waals surface area contributed by atoms with Crippen LogP contribution in [0.5, 0.6) is 0 Å². The zero-order valence-corrected chi connectivity index (χ0v) is 4.18. The van der Waals surface area contributed by atoms with Crippen LogP contribution in [0.3, 0.4) is 0 Å². The molecule has 0 aliphatic carbocycles. The van der Waals surface area contributed by atoms with Gasteiger partial charge in [0.15, 0.2) is 0 Å². The van der Waals surface area contributed by atoms with E-state index in [1.807, 2.05) is 0 Å². The molecule has 0 aromatic rings. The molecule has 0 atom stereocenters. The van der Waals surface area contributed by atoms with Crippen molar-refractivity contribution in [1.29, 1.82) is 0 Å². The summed E-state index contributed by atoms with van der Waals surface area (Å²) in [4.78, 5) is 0. The molecule has 26 valence electrons. The van der Waals surface area contributed by atoms with Crippen molar-refractivity contribution in [2.45, 2.75) is 0 Å². The Kier molecular flexibility index (Phi) is 125. The minimum absolute atomic E-state index is 0. The van der Waals surface area contributed by atoms with Crippen molar-refractivity contribution < 1.29 is 17.1 Å². The first kappa shape index (κ1) is 29.2. The molecule has 0 saturated carbocycles. The van der Waals surface area contributed by atoms with E-state index in [1.165, 1.54) is 0 Å². The summed E-state index contributed by atoms with van der Waals surface area (Å²) in [7, 11) is 0. The third-order valence-electron chi connectivity index (χ3n) is 0. The van der Waals surface area contributed by atoms with Crippen LogP contribution in [0.15, 0.2) is 0 Å². The maximum absolute atomic E-state index is 0. The second-order valence-electron chi connectivity index (χ2n) is 0. The van der Waals surface area contributed by atoms with Gasteiger partial charge in [0.05, 0.1) is 0 Å². The Bertz CT molecular complexity index is 8.00. The Morgan fingerprint density at radius 3 is 1.00 bits per heavy atom. The van der Waals surface area contributed by atoms with Crippen molar-refractivity contribution in [1.82, 2.24) is 0 Å². The Morgan fingerprint density at radius 2 is 1.00 bits per heavy atom. The number of rotatable bonds is 0. The second kappa shape index (κ2) is 17.1. The molecule has 0 bridgehead atoms. The van der Waals surface area contributed by atoms with E-state index < -0.39 is 0 Å². The predicted octanol–water partition coefficient (Wildman–Crippen LogP) is -0.116. The number of hydrogen-bond donors (Lipinski definition) is 0. The average Bonchev–Trinajstić information content (AvgIpc) is 0. The number of halogens is 1. The first-order valence-corrected chi connectivity index (χ1v) is 0. The summed E-state index contributed by atoms with van der Waals surface area (Å²) >= 11 is 0. The summed E-state index contributed by atoms with van der Waals surface area (Å²) in [6.45, 7) is 0. The molecule has 0 aliphatic rings. The molecule has 0 spiro atoms. The summed E-state index contributed by atoms with van der Waals surface area (Å²) in [5.41, 5.74) is 0. The molecule has 0 rings (SSSR count). The van der Waals surface area contributed by atoms with Crippen LogP contribution in [0.25, 0.3) is 0 Å². The second-order valence-corrected chi connectivity index (χ2v) is 0. The third kappa shape index (κ3) is 8.84. The molecule has 0 fully saturated rings. The third-order valence-corrected chi connectivity index (χ3v) is 0. The van der Waals surface area contributed by atoms with E-state index in [2.05, 4.69) is 0 Å². The summed E-state index contributed by atoms with van der Waals surface area (Å²) in [5, 5.41) is 0. The van der Waals surface area contributed by atoms with Gasteiger partial charge in [-0.05, 0) is 0 Å². The zero-order valence-electron chi connectivity index (χ0n) is 1.26. The zero-order chi connectivity index (χ0) is 0. The van der Waals surface area contributed by atoms with Crippen molar-refractivity contribution in [2.75, 3.05) is 0 Å². The van der Waals surface area contributed by atoms with Crippen LogP contribution in [-0.2, 0) is 17.1 Å². The van der Waals surface area contributed by atoms with Gasteiger partial charge in [-0.3, -0.25) is 0 Å². The molecule has 0 N–H and O–H groups in total. The van der Waals surface area contributed by atoms with E-state index in [1.54, 1.807) is 0 Å². The van der Waals surface area contributed by atoms with Gasteiger partial charge < -0.3 is 0 Å². The van der Waals surface area contributed by atoms with Gasteiger partial charge in [-0.25, -0.2) is 0 Å². The Labute approximate surface area is 92.2 Å². The molecule has 0 radical (unpaired) electrons. The quantitative estimate of drug-likeness (QED) is 0.441. The van der Waals surface area contributed by atoms with E-state index in [0.717, 1.165) is 0 Å². The fourth-order valence-electron chi connectivity index (χ4n) is 0. The molecule has 0 nitrogen and oxygen atoms in total. The van der Waals surface area contributed by atoms with E-state index in [-0.39, 0.29) is 94.4 Å². The van der Waals surface area contributed by atoms with Gasteiger partial charge in [-0.15, -0.1) is 12.4 Å². The fourth-order valence-corrected chi connectivity index (χ4v) is 0. The normalized spacial score (nSPS) is 0. The van der Waals surface area contributed by atoms with Crippen LogP contribution < -0.4 is 0 Å². The van der Waals surface area contributed by atoms with Gasteiger partial charge in [0.25, 0.3) is 0 Å². The summed E-state index contributed by atoms with van der Waals surface area (Å²) in [5.74, 6) is 0. The van der Waals surface area contributed by atoms with E-state index in [0.29, 0.717) is 0 Å². The predicted molar refractivity (Wildman–Crippen MR) is 24.8 cm³/mol. The standard InChI is InChI=1S/ClH.Fe.K.H2S.H/h1H;;;1H2;. The molecule has 0 heterocycles. The average molecular weight is 166 g/mol. The van der Waals surface area contributed by atoms with Gasteiger partial charge in [0, 0.05) is 17.1 Å². The van der Waals surface area contributed by atoms with Crippen molar-refractivity contribution in [2.24, 2.45) is 0 Å². The molecule has 0 amide bonds. The molecular formula is H4ClFeKS.